The van der Waals surface area contributed by atoms with Crippen LogP contribution in [0.3, 0.4) is 0 Å². The van der Waals surface area contributed by atoms with E-state index in [0.717, 1.165) is 23.1 Å². The minimum atomic E-state index is -0.406. The van der Waals surface area contributed by atoms with Gasteiger partial charge in [0.1, 0.15) is 5.75 Å². The first-order valence-corrected chi connectivity index (χ1v) is 13.8. The summed E-state index contributed by atoms with van der Waals surface area (Å²) in [6.07, 6.45) is 0.812. The number of hydrogen-bond acceptors (Lipinski definition) is 9. The van der Waals surface area contributed by atoms with Gasteiger partial charge in [0.2, 0.25) is 0 Å². The SMILES string of the molecule is COCCCNc1cc(CO[C@H]2CNC[C@@H](OCC[C@H](C)O)C2c2ccc(COCCOC)cc2)ccc1O. The Labute approximate surface area is 232 Å². The third-order valence-electron chi connectivity index (χ3n) is 6.79. The van der Waals surface area contributed by atoms with Gasteiger partial charge in [0.15, 0.2) is 0 Å². The molecule has 1 saturated heterocycles. The molecule has 218 valence electrons. The molecule has 1 aliphatic rings. The molecule has 9 heteroatoms. The molecule has 0 aromatic heterocycles. The summed E-state index contributed by atoms with van der Waals surface area (Å²) >= 11 is 0. The Morgan fingerprint density at radius 3 is 2.33 bits per heavy atom. The number of phenolic OH excluding ortho intramolecular Hbond substituents is 1. The van der Waals surface area contributed by atoms with Gasteiger partial charge in [0.05, 0.1) is 50.4 Å². The fraction of sp³-hybridized carbons (Fsp3) is 0.600. The van der Waals surface area contributed by atoms with Crippen molar-refractivity contribution in [2.24, 2.45) is 0 Å². The number of aromatic hydroxyl groups is 1. The lowest BCUT2D eigenvalue weighted by Crippen LogP contribution is -2.50. The van der Waals surface area contributed by atoms with Crippen LogP contribution in [0, 0.1) is 0 Å². The molecule has 0 amide bonds. The van der Waals surface area contributed by atoms with Gasteiger partial charge < -0.3 is 44.5 Å². The summed E-state index contributed by atoms with van der Waals surface area (Å²) in [6.45, 7) is 7.10. The number of hydrogen-bond donors (Lipinski definition) is 4. The Morgan fingerprint density at radius 1 is 0.897 bits per heavy atom. The third kappa shape index (κ3) is 10.7. The number of methoxy groups -OCH3 is 2. The number of ether oxygens (including phenoxy) is 5. The highest BCUT2D eigenvalue weighted by Crippen LogP contribution is 2.32. The Balaban J connectivity index is 1.69. The normalized spacial score (nSPS) is 20.2. The smallest absolute Gasteiger partial charge is 0.138 e. The van der Waals surface area contributed by atoms with Crippen molar-refractivity contribution in [1.29, 1.82) is 0 Å². The molecule has 1 unspecified atom stereocenters. The number of aliphatic hydroxyl groups is 1. The van der Waals surface area contributed by atoms with Crippen LogP contribution in [0.25, 0.3) is 0 Å². The van der Waals surface area contributed by atoms with Crippen molar-refractivity contribution in [3.8, 4) is 5.75 Å². The first-order chi connectivity index (χ1) is 19.0. The van der Waals surface area contributed by atoms with E-state index in [0.29, 0.717) is 71.4 Å². The molecule has 3 rings (SSSR count). The van der Waals surface area contributed by atoms with E-state index in [4.69, 9.17) is 23.7 Å². The van der Waals surface area contributed by atoms with Gasteiger partial charge in [-0.05, 0) is 48.6 Å². The highest BCUT2D eigenvalue weighted by atomic mass is 16.5. The maximum atomic E-state index is 10.3. The van der Waals surface area contributed by atoms with Crippen molar-refractivity contribution >= 4 is 5.69 Å². The second kappa shape index (κ2) is 17.5. The summed E-state index contributed by atoms with van der Waals surface area (Å²) in [5.41, 5.74) is 3.91. The van der Waals surface area contributed by atoms with E-state index in [-0.39, 0.29) is 23.9 Å². The number of anilines is 1. The predicted molar refractivity (Wildman–Crippen MR) is 151 cm³/mol. The number of benzene rings is 2. The van der Waals surface area contributed by atoms with Crippen LogP contribution in [-0.2, 0) is 36.9 Å². The van der Waals surface area contributed by atoms with Gasteiger partial charge in [-0.1, -0.05) is 30.3 Å². The van der Waals surface area contributed by atoms with Gasteiger partial charge in [-0.3, -0.25) is 0 Å². The van der Waals surface area contributed by atoms with Crippen LogP contribution >= 0.6 is 0 Å². The average Bonchev–Trinajstić information content (AvgIpc) is 2.94. The second-order valence-corrected chi connectivity index (χ2v) is 9.99. The Bertz CT molecular complexity index is 941. The van der Waals surface area contributed by atoms with Crippen LogP contribution in [0.4, 0.5) is 5.69 Å². The number of aliphatic hydroxyl groups excluding tert-OH is 1. The predicted octanol–water partition coefficient (Wildman–Crippen LogP) is 3.43. The van der Waals surface area contributed by atoms with Crippen molar-refractivity contribution in [3.63, 3.8) is 0 Å². The average molecular weight is 547 g/mol. The van der Waals surface area contributed by atoms with E-state index in [1.165, 1.54) is 0 Å². The van der Waals surface area contributed by atoms with Crippen LogP contribution in [0.5, 0.6) is 5.75 Å². The minimum Gasteiger partial charge on any atom is -0.506 e. The molecule has 0 radical (unpaired) electrons. The number of rotatable bonds is 18. The highest BCUT2D eigenvalue weighted by molar-refractivity contribution is 5.57. The largest absolute Gasteiger partial charge is 0.506 e. The van der Waals surface area contributed by atoms with Crippen LogP contribution in [0.15, 0.2) is 42.5 Å². The lowest BCUT2D eigenvalue weighted by molar-refractivity contribution is -0.0639. The second-order valence-electron chi connectivity index (χ2n) is 9.99. The Morgan fingerprint density at radius 2 is 1.62 bits per heavy atom. The summed E-state index contributed by atoms with van der Waals surface area (Å²) in [5, 5.41) is 26.7. The summed E-state index contributed by atoms with van der Waals surface area (Å²) in [5.74, 6) is 0.235. The molecule has 1 fully saturated rings. The lowest BCUT2D eigenvalue weighted by Gasteiger charge is -2.39. The van der Waals surface area contributed by atoms with Crippen LogP contribution < -0.4 is 10.6 Å². The first-order valence-electron chi connectivity index (χ1n) is 13.8. The molecule has 0 spiro atoms. The molecular weight excluding hydrogens is 500 g/mol. The topological polar surface area (TPSA) is 111 Å². The molecule has 2 aromatic carbocycles. The summed E-state index contributed by atoms with van der Waals surface area (Å²) in [6, 6.07) is 14.0. The molecule has 0 bridgehead atoms. The molecule has 1 heterocycles. The fourth-order valence-corrected chi connectivity index (χ4v) is 4.63. The van der Waals surface area contributed by atoms with Crippen molar-refractivity contribution in [3.05, 3.63) is 59.2 Å². The minimum absolute atomic E-state index is 0.0208. The van der Waals surface area contributed by atoms with E-state index in [2.05, 4.69) is 34.9 Å². The monoisotopic (exact) mass is 546 g/mol. The summed E-state index contributed by atoms with van der Waals surface area (Å²) < 4.78 is 28.6. The molecular formula is C30H46N2O7. The zero-order valence-electron chi connectivity index (χ0n) is 23.6. The van der Waals surface area contributed by atoms with Gasteiger partial charge in [0, 0.05) is 53.0 Å². The lowest BCUT2D eigenvalue weighted by atomic mass is 9.85. The molecule has 9 nitrogen and oxygen atoms in total. The van der Waals surface area contributed by atoms with Gasteiger partial charge in [-0.15, -0.1) is 0 Å². The van der Waals surface area contributed by atoms with Crippen molar-refractivity contribution in [1.82, 2.24) is 5.32 Å². The standard InChI is InChI=1S/C30H46N2O7/c1-22(33)11-14-38-28-18-31-19-29(30(28)25-8-5-23(6-9-25)20-37-16-15-36-3)39-21-24-7-10-27(34)26(17-24)32-12-4-13-35-2/h5-10,17,22,28-34H,4,11-16,18-21H2,1-3H3/t22-,28+,29-,30?/m0/s1. The van der Waals surface area contributed by atoms with Crippen LogP contribution in [0.1, 0.15) is 42.4 Å². The fourth-order valence-electron chi connectivity index (χ4n) is 4.63. The Hall–Kier alpha value is -2.24. The quantitative estimate of drug-likeness (QED) is 0.165. The van der Waals surface area contributed by atoms with E-state index in [1.807, 2.05) is 12.1 Å². The van der Waals surface area contributed by atoms with Crippen molar-refractivity contribution in [2.75, 3.05) is 65.6 Å². The van der Waals surface area contributed by atoms with Crippen LogP contribution in [0.2, 0.25) is 0 Å². The molecule has 2 aromatic rings. The number of phenols is 1. The summed E-state index contributed by atoms with van der Waals surface area (Å²) in [7, 11) is 3.34. The molecule has 0 saturated carbocycles. The molecule has 4 atom stereocenters. The van der Waals surface area contributed by atoms with Gasteiger partial charge in [-0.2, -0.15) is 0 Å². The van der Waals surface area contributed by atoms with Gasteiger partial charge in [-0.25, -0.2) is 0 Å². The van der Waals surface area contributed by atoms with Gasteiger partial charge >= 0.3 is 0 Å². The third-order valence-corrected chi connectivity index (χ3v) is 6.79. The molecule has 4 N–H and O–H groups in total. The van der Waals surface area contributed by atoms with E-state index < -0.39 is 6.10 Å². The Kier molecular flexibility index (Phi) is 14.0. The molecule has 1 aliphatic heterocycles. The van der Waals surface area contributed by atoms with E-state index in [9.17, 15) is 10.2 Å². The zero-order valence-corrected chi connectivity index (χ0v) is 23.6. The van der Waals surface area contributed by atoms with E-state index in [1.54, 1.807) is 27.2 Å². The number of nitrogens with one attached hydrogen (secondary N) is 2. The number of piperidine rings is 1. The molecule has 39 heavy (non-hydrogen) atoms. The van der Waals surface area contributed by atoms with Gasteiger partial charge in [0.25, 0.3) is 0 Å². The van der Waals surface area contributed by atoms with E-state index >= 15 is 0 Å². The summed E-state index contributed by atoms with van der Waals surface area (Å²) in [4.78, 5) is 0. The van der Waals surface area contributed by atoms with Crippen molar-refractivity contribution in [2.45, 2.75) is 57.2 Å². The maximum Gasteiger partial charge on any atom is 0.138 e. The highest BCUT2D eigenvalue weighted by Gasteiger charge is 2.36. The van der Waals surface area contributed by atoms with Crippen LogP contribution in [-0.4, -0.2) is 88.8 Å². The first kappa shape index (κ1) is 31.3. The zero-order chi connectivity index (χ0) is 27.9. The maximum absolute atomic E-state index is 10.3. The molecule has 0 aliphatic carbocycles. The van der Waals surface area contributed by atoms with Crippen molar-refractivity contribution < 1.29 is 33.9 Å².